The minimum absolute atomic E-state index is 0.000813. The number of ether oxygens (including phenoxy) is 4. The molecule has 16 nitrogen and oxygen atoms in total. The molecule has 0 aromatic rings. The Morgan fingerprint density at radius 2 is 0.484 bits per heavy atom. The lowest BCUT2D eigenvalue weighted by Gasteiger charge is -2.35. The van der Waals surface area contributed by atoms with E-state index in [-0.39, 0.29) is 48.2 Å². The zero-order chi connectivity index (χ0) is 93.1. The summed E-state index contributed by atoms with van der Waals surface area (Å²) in [5, 5.41) is 18.9. The first-order chi connectivity index (χ1) is 61.1. The second kappa shape index (κ2) is 95.3. The lowest BCUT2D eigenvalue weighted by molar-refractivity contribution is -0.144. The van der Waals surface area contributed by atoms with E-state index >= 15 is 0 Å². The summed E-state index contributed by atoms with van der Waals surface area (Å²) < 4.78 is 64.2. The zero-order valence-corrected chi connectivity index (χ0v) is 92.4. The fourth-order valence-electron chi connectivity index (χ4n) is 16.4. The topological polar surface area (TPSA) is 173 Å². The molecular formula is C104H218N2O14S2Si4. The summed E-state index contributed by atoms with van der Waals surface area (Å²) in [4.78, 5) is 31.2. The van der Waals surface area contributed by atoms with E-state index in [9.17, 15) is 19.8 Å². The van der Waals surface area contributed by atoms with Crippen LogP contribution in [0.4, 0.5) is 0 Å². The number of unbranched alkanes of at least 4 members (excludes halogenated alkanes) is 48. The van der Waals surface area contributed by atoms with Crippen LogP contribution < -0.4 is 0 Å². The van der Waals surface area contributed by atoms with Crippen LogP contribution in [0, 0.1) is 0 Å². The van der Waals surface area contributed by atoms with Gasteiger partial charge in [0.1, 0.15) is 23.1 Å². The number of thioether (sulfide) groups is 2. The number of rotatable bonds is 102. The summed E-state index contributed by atoms with van der Waals surface area (Å²) >= 11 is 3.67. The van der Waals surface area contributed by atoms with E-state index in [0.717, 1.165) is 270 Å². The van der Waals surface area contributed by atoms with Crippen molar-refractivity contribution in [2.45, 2.75) is 555 Å². The molecule has 126 heavy (non-hydrogen) atoms. The van der Waals surface area contributed by atoms with Gasteiger partial charge in [-0.3, -0.25) is 9.59 Å². The van der Waals surface area contributed by atoms with Gasteiger partial charge < -0.3 is 64.9 Å². The Morgan fingerprint density at radius 3 is 0.762 bits per heavy atom. The van der Waals surface area contributed by atoms with Gasteiger partial charge >= 0.3 is 46.2 Å². The fourth-order valence-corrected chi connectivity index (χ4v) is 32.1. The number of aliphatic hydroxyl groups excluding tert-OH is 2. The lowest BCUT2D eigenvalue weighted by Crippen LogP contribution is -2.50. The summed E-state index contributed by atoms with van der Waals surface area (Å²) in [6.07, 6.45) is 78.1. The van der Waals surface area contributed by atoms with Crippen molar-refractivity contribution in [2.24, 2.45) is 0 Å². The van der Waals surface area contributed by atoms with Crippen LogP contribution in [0.15, 0.2) is 0 Å². The van der Waals surface area contributed by atoms with Gasteiger partial charge in [0.05, 0.1) is 13.2 Å². The van der Waals surface area contributed by atoms with Crippen LogP contribution in [0.1, 0.15) is 479 Å². The Labute approximate surface area is 797 Å². The molecule has 0 aliphatic carbocycles. The Kier molecular flexibility index (Phi) is 96.9. The van der Waals surface area contributed by atoms with Gasteiger partial charge in [0, 0.05) is 39.6 Å². The molecule has 4 atom stereocenters. The van der Waals surface area contributed by atoms with Crippen LogP contribution in [0.25, 0.3) is 0 Å². The maximum Gasteiger partial charge on any atom is 0.324 e. The highest BCUT2D eigenvalue weighted by atomic mass is 32.2. The first-order valence-corrected chi connectivity index (χ1v) is 67.9. The van der Waals surface area contributed by atoms with Crippen molar-refractivity contribution in [3.8, 4) is 0 Å². The van der Waals surface area contributed by atoms with Crippen molar-refractivity contribution >= 4 is 69.7 Å². The Balaban J connectivity index is 0. The van der Waals surface area contributed by atoms with E-state index in [0.29, 0.717) is 13.2 Å². The SMILES string of the molecule is CCCCCCCCCCSC(CCCC)C(=O)OCCCCCCN(CCCCO)CCCCCC(OCCCCCCCC)O[Si](C)(C)O[Si](C)(C)OCCCCCCCC.CCCCCCCCCCSC(CCCC)C(=O)OCCCCCCN(CCCCO)CCCCCC(OCCCCCCCC)O[Si](C)(C)O[Si](C)(C)OCCCCCCCC. The van der Waals surface area contributed by atoms with Gasteiger partial charge in [0.25, 0.3) is 0 Å². The smallest absolute Gasteiger partial charge is 0.324 e. The van der Waals surface area contributed by atoms with Gasteiger partial charge in [0.2, 0.25) is 0 Å². The van der Waals surface area contributed by atoms with Gasteiger partial charge in [-0.2, -0.15) is 0 Å². The Hall–Kier alpha value is 0.0275. The molecule has 0 amide bonds. The molecule has 0 saturated heterocycles. The quantitative estimate of drug-likeness (QED) is 0.0254. The molecule has 0 aromatic heterocycles. The predicted molar refractivity (Wildman–Crippen MR) is 557 cm³/mol. The zero-order valence-electron chi connectivity index (χ0n) is 86.8. The van der Waals surface area contributed by atoms with Gasteiger partial charge in [-0.1, -0.05) is 338 Å². The maximum atomic E-state index is 13.0. The van der Waals surface area contributed by atoms with Gasteiger partial charge in [0.15, 0.2) is 0 Å². The molecule has 0 fully saturated rings. The number of hydrogen-bond donors (Lipinski definition) is 2. The van der Waals surface area contributed by atoms with E-state index in [1.54, 1.807) is 0 Å². The van der Waals surface area contributed by atoms with E-state index in [2.05, 4.69) is 118 Å². The first-order valence-electron chi connectivity index (χ1n) is 54.6. The monoisotopic (exact) mass is 1900 g/mol. The van der Waals surface area contributed by atoms with Crippen molar-refractivity contribution in [3.05, 3.63) is 0 Å². The van der Waals surface area contributed by atoms with E-state index in [1.807, 2.05) is 23.5 Å². The number of aliphatic hydroxyl groups is 2. The molecule has 0 bridgehead atoms. The van der Waals surface area contributed by atoms with Crippen molar-refractivity contribution in [1.29, 1.82) is 0 Å². The largest absolute Gasteiger partial charge is 0.465 e. The highest BCUT2D eigenvalue weighted by Crippen LogP contribution is 2.28. The fraction of sp³-hybridized carbons (Fsp3) is 0.981. The molecular weight excluding hydrogens is 1680 g/mol. The van der Waals surface area contributed by atoms with Crippen LogP contribution >= 0.6 is 23.5 Å². The number of carbonyl (C=O) groups excluding carboxylic acids is 2. The summed E-state index contributed by atoms with van der Waals surface area (Å²) in [5.41, 5.74) is 0. The average molecular weight is 1900 g/mol. The van der Waals surface area contributed by atoms with Crippen LogP contribution in [-0.2, 0) is 54.5 Å². The van der Waals surface area contributed by atoms with Gasteiger partial charge in [-0.05, 0) is 244 Å². The summed E-state index contributed by atoms with van der Waals surface area (Å²) in [7, 11) is -9.58. The first kappa shape index (κ1) is 128. The predicted octanol–water partition coefficient (Wildman–Crippen LogP) is 31.3. The average Bonchev–Trinajstić information content (AvgIpc) is 0.857. The molecule has 756 valence electrons. The number of carbonyl (C=O) groups is 2. The summed E-state index contributed by atoms with van der Waals surface area (Å²) in [5.74, 6) is 2.17. The van der Waals surface area contributed by atoms with Crippen LogP contribution in [-0.4, -0.2) is 193 Å². The van der Waals surface area contributed by atoms with Crippen LogP contribution in [0.5, 0.6) is 0 Å². The second-order valence-electron chi connectivity index (χ2n) is 38.8. The Bertz CT molecular complexity index is 2080. The minimum Gasteiger partial charge on any atom is -0.465 e. The third kappa shape index (κ3) is 90.5. The standard InChI is InChI=1S/2C52H109NO7SSi2/c2*1-9-13-17-20-23-24-29-39-49-61-50(40-16-12-4)52(55)57-47-37-28-25-32-42-53(44-34-35-45-54)43-33-30-31-41-51(56-46-36-26-21-18-14-10-2)59-63(7,8)60-62(5,6)58-48-38-27-22-19-15-11-3/h2*50-51,54H,9-49H2,1-8H3. The van der Waals surface area contributed by atoms with Crippen LogP contribution in [0.2, 0.25) is 52.4 Å². The van der Waals surface area contributed by atoms with Crippen molar-refractivity contribution < 1.29 is 64.7 Å². The van der Waals surface area contributed by atoms with Crippen molar-refractivity contribution in [2.75, 3.05) is 104 Å². The normalized spacial score (nSPS) is 13.3. The molecule has 2 N–H and O–H groups in total. The number of hydrogen-bond acceptors (Lipinski definition) is 18. The minimum atomic E-state index is -2.48. The van der Waals surface area contributed by atoms with E-state index in [1.165, 1.54) is 231 Å². The van der Waals surface area contributed by atoms with E-state index in [4.69, 9.17) is 44.9 Å². The molecule has 0 saturated carbocycles. The molecule has 0 aromatic carbocycles. The highest BCUT2D eigenvalue weighted by molar-refractivity contribution is 8.00. The molecule has 0 aliphatic rings. The Morgan fingerprint density at radius 1 is 0.254 bits per heavy atom. The molecule has 4 unspecified atom stereocenters. The third-order valence-electron chi connectivity index (χ3n) is 23.9. The molecule has 0 rings (SSSR count). The maximum absolute atomic E-state index is 13.0. The molecule has 0 heterocycles. The summed E-state index contributed by atoms with van der Waals surface area (Å²) in [6.45, 7) is 46.4. The molecule has 0 spiro atoms. The summed E-state index contributed by atoms with van der Waals surface area (Å²) in [6, 6.07) is 0. The second-order valence-corrected chi connectivity index (χ2v) is 55.3. The number of esters is 2. The molecule has 22 heteroatoms. The highest BCUT2D eigenvalue weighted by Gasteiger charge is 2.40. The van der Waals surface area contributed by atoms with E-state index < -0.39 is 34.2 Å². The lowest BCUT2D eigenvalue weighted by atomic mass is 10.1. The van der Waals surface area contributed by atoms with Crippen LogP contribution in [0.3, 0.4) is 0 Å². The van der Waals surface area contributed by atoms with Gasteiger partial charge in [-0.15, -0.1) is 23.5 Å². The molecule has 0 aliphatic heterocycles. The third-order valence-corrected chi connectivity index (χ3v) is 38.0. The molecule has 0 radical (unpaired) electrons. The van der Waals surface area contributed by atoms with Gasteiger partial charge in [-0.25, -0.2) is 0 Å². The number of nitrogens with zero attached hydrogens (tertiary/aromatic N) is 2. The van der Waals surface area contributed by atoms with Crippen molar-refractivity contribution in [3.63, 3.8) is 0 Å². The van der Waals surface area contributed by atoms with Crippen molar-refractivity contribution in [1.82, 2.24) is 9.80 Å².